The van der Waals surface area contributed by atoms with Gasteiger partial charge in [0.05, 0.1) is 16.6 Å². The number of piperidine rings is 1. The molecule has 2 aromatic rings. The zero-order valence-corrected chi connectivity index (χ0v) is 13.2. The van der Waals surface area contributed by atoms with Gasteiger partial charge in [0.2, 0.25) is 0 Å². The number of primary amides is 1. The van der Waals surface area contributed by atoms with Crippen LogP contribution in [0.15, 0.2) is 17.5 Å². The number of likely N-dealkylation sites (tertiary alicyclic amines) is 1. The van der Waals surface area contributed by atoms with Crippen LogP contribution in [-0.2, 0) is 0 Å². The highest BCUT2D eigenvalue weighted by atomic mass is 32.1. The molecular formula is C15H18N4O2S. The monoisotopic (exact) mass is 318 g/mol. The number of H-pyrrole nitrogens is 1. The first-order valence-corrected chi connectivity index (χ1v) is 8.15. The summed E-state index contributed by atoms with van der Waals surface area (Å²) in [6, 6.07) is 3.49. The van der Waals surface area contributed by atoms with E-state index in [4.69, 9.17) is 5.73 Å². The quantitative estimate of drug-likeness (QED) is 0.909. The van der Waals surface area contributed by atoms with Crippen LogP contribution in [-0.4, -0.2) is 33.5 Å². The molecule has 2 aromatic heterocycles. The van der Waals surface area contributed by atoms with Gasteiger partial charge in [-0.05, 0) is 49.3 Å². The average Bonchev–Trinajstić information content (AvgIpc) is 3.15. The lowest BCUT2D eigenvalue weighted by molar-refractivity contribution is 0.0611. The number of aromatic amines is 1. The number of nitrogens with two attached hydrogens (primary N) is 1. The summed E-state index contributed by atoms with van der Waals surface area (Å²) < 4.78 is 0. The molecule has 22 heavy (non-hydrogen) atoms. The highest BCUT2D eigenvalue weighted by Crippen LogP contribution is 2.32. The van der Waals surface area contributed by atoms with Crippen molar-refractivity contribution in [2.24, 2.45) is 5.73 Å². The van der Waals surface area contributed by atoms with Crippen molar-refractivity contribution in [1.82, 2.24) is 15.1 Å². The lowest BCUT2D eigenvalue weighted by Crippen LogP contribution is -2.38. The van der Waals surface area contributed by atoms with Gasteiger partial charge in [-0.15, -0.1) is 11.3 Å². The molecule has 1 aliphatic rings. The summed E-state index contributed by atoms with van der Waals surface area (Å²) in [5.41, 5.74) is 7.32. The Morgan fingerprint density at radius 3 is 2.86 bits per heavy atom. The van der Waals surface area contributed by atoms with Crippen LogP contribution in [0.4, 0.5) is 0 Å². The third-order valence-corrected chi connectivity index (χ3v) is 4.95. The second-order valence-electron chi connectivity index (χ2n) is 5.57. The molecule has 1 fully saturated rings. The van der Waals surface area contributed by atoms with E-state index in [1.165, 1.54) is 11.3 Å². The van der Waals surface area contributed by atoms with Crippen molar-refractivity contribution >= 4 is 23.2 Å². The molecule has 3 rings (SSSR count). The molecule has 7 heteroatoms. The summed E-state index contributed by atoms with van der Waals surface area (Å²) in [5, 5.41) is 8.76. The Kier molecular flexibility index (Phi) is 3.98. The van der Waals surface area contributed by atoms with Crippen LogP contribution in [0.25, 0.3) is 0 Å². The lowest BCUT2D eigenvalue weighted by atomic mass is 9.99. The largest absolute Gasteiger partial charge is 0.364 e. The highest BCUT2D eigenvalue weighted by Gasteiger charge is 2.30. The number of rotatable bonds is 3. The van der Waals surface area contributed by atoms with Gasteiger partial charge in [0.1, 0.15) is 5.69 Å². The Hall–Kier alpha value is -2.15. The van der Waals surface area contributed by atoms with Crippen LogP contribution >= 0.6 is 11.3 Å². The second-order valence-corrected chi connectivity index (χ2v) is 6.48. The lowest BCUT2D eigenvalue weighted by Gasteiger charge is -2.34. The van der Waals surface area contributed by atoms with Gasteiger partial charge in [0.25, 0.3) is 11.8 Å². The molecule has 1 saturated heterocycles. The molecule has 0 aromatic carbocycles. The molecular weight excluding hydrogens is 300 g/mol. The number of nitrogens with one attached hydrogen (secondary N) is 1. The van der Waals surface area contributed by atoms with Gasteiger partial charge in [-0.1, -0.05) is 0 Å². The molecule has 1 unspecified atom stereocenters. The van der Waals surface area contributed by atoms with Crippen molar-refractivity contribution in [2.45, 2.75) is 32.2 Å². The molecule has 1 aliphatic heterocycles. The summed E-state index contributed by atoms with van der Waals surface area (Å²) in [6.07, 6.45) is 2.89. The minimum Gasteiger partial charge on any atom is -0.364 e. The van der Waals surface area contributed by atoms with Gasteiger partial charge in [-0.3, -0.25) is 14.7 Å². The number of amides is 2. The van der Waals surface area contributed by atoms with Crippen LogP contribution in [0.3, 0.4) is 0 Å². The molecule has 0 saturated carbocycles. The third kappa shape index (κ3) is 2.76. The normalized spacial score (nSPS) is 18.4. The van der Waals surface area contributed by atoms with Crippen LogP contribution in [0, 0.1) is 6.92 Å². The van der Waals surface area contributed by atoms with Gasteiger partial charge < -0.3 is 10.6 Å². The van der Waals surface area contributed by atoms with E-state index in [0.29, 0.717) is 6.54 Å². The molecule has 3 N–H and O–H groups in total. The molecule has 0 bridgehead atoms. The summed E-state index contributed by atoms with van der Waals surface area (Å²) in [5.74, 6) is -0.525. The SMILES string of the molecule is Cc1csc(C(=O)N2CCCCC2c2cc(C(N)=O)n[nH]2)c1. The predicted molar refractivity (Wildman–Crippen MR) is 83.8 cm³/mol. The van der Waals surface area contributed by atoms with Gasteiger partial charge in [0.15, 0.2) is 0 Å². The summed E-state index contributed by atoms with van der Waals surface area (Å²) in [7, 11) is 0. The predicted octanol–water partition coefficient (Wildman–Crippen LogP) is 2.25. The van der Waals surface area contributed by atoms with Gasteiger partial charge in [-0.2, -0.15) is 5.10 Å². The van der Waals surface area contributed by atoms with E-state index in [1.807, 2.05) is 23.3 Å². The van der Waals surface area contributed by atoms with Crippen molar-refractivity contribution in [2.75, 3.05) is 6.54 Å². The number of nitrogens with zero attached hydrogens (tertiary/aromatic N) is 2. The number of aromatic nitrogens is 2. The number of thiophene rings is 1. The van der Waals surface area contributed by atoms with E-state index in [2.05, 4.69) is 10.2 Å². The maximum Gasteiger partial charge on any atom is 0.269 e. The Bertz CT molecular complexity index is 706. The number of aryl methyl sites for hydroxylation is 1. The highest BCUT2D eigenvalue weighted by molar-refractivity contribution is 7.12. The standard InChI is InChI=1S/C15H18N4O2S/c1-9-6-13(22-8-9)15(21)19-5-3-2-4-12(19)10-7-11(14(16)20)18-17-10/h6-8,12H,2-5H2,1H3,(H2,16,20)(H,17,18). The summed E-state index contributed by atoms with van der Waals surface area (Å²) in [4.78, 5) is 26.6. The maximum absolute atomic E-state index is 12.7. The van der Waals surface area contributed by atoms with Crippen LogP contribution in [0.5, 0.6) is 0 Å². The minimum atomic E-state index is -0.565. The molecule has 6 nitrogen and oxygen atoms in total. The van der Waals surface area contributed by atoms with E-state index < -0.39 is 5.91 Å². The van der Waals surface area contributed by atoms with E-state index >= 15 is 0 Å². The van der Waals surface area contributed by atoms with Crippen LogP contribution in [0.1, 0.15) is 56.7 Å². The minimum absolute atomic E-state index is 0.0398. The topological polar surface area (TPSA) is 92.1 Å². The fourth-order valence-corrected chi connectivity index (χ4v) is 3.67. The van der Waals surface area contributed by atoms with Crippen molar-refractivity contribution in [3.63, 3.8) is 0 Å². The first kappa shape index (κ1) is 14.8. The summed E-state index contributed by atoms with van der Waals surface area (Å²) in [6.45, 7) is 2.69. The Labute approximate surface area is 132 Å². The first-order valence-electron chi connectivity index (χ1n) is 7.27. The van der Waals surface area contributed by atoms with Crippen LogP contribution in [0.2, 0.25) is 0 Å². The number of carbonyl (C=O) groups is 2. The van der Waals surface area contributed by atoms with E-state index in [0.717, 1.165) is 35.4 Å². The molecule has 1 atom stereocenters. The van der Waals surface area contributed by atoms with E-state index in [-0.39, 0.29) is 17.6 Å². The van der Waals surface area contributed by atoms with Crippen molar-refractivity contribution < 1.29 is 9.59 Å². The van der Waals surface area contributed by atoms with Crippen molar-refractivity contribution in [3.8, 4) is 0 Å². The number of hydrogen-bond acceptors (Lipinski definition) is 4. The smallest absolute Gasteiger partial charge is 0.269 e. The van der Waals surface area contributed by atoms with E-state index in [9.17, 15) is 9.59 Å². The van der Waals surface area contributed by atoms with Gasteiger partial charge >= 0.3 is 0 Å². The zero-order chi connectivity index (χ0) is 15.7. The molecule has 116 valence electrons. The zero-order valence-electron chi connectivity index (χ0n) is 12.3. The van der Waals surface area contributed by atoms with Crippen LogP contribution < -0.4 is 5.73 Å². The Morgan fingerprint density at radius 1 is 1.41 bits per heavy atom. The van der Waals surface area contributed by atoms with E-state index in [1.54, 1.807) is 6.07 Å². The molecule has 0 aliphatic carbocycles. The fraction of sp³-hybridized carbons (Fsp3) is 0.400. The molecule has 3 heterocycles. The summed E-state index contributed by atoms with van der Waals surface area (Å²) >= 11 is 1.47. The van der Waals surface area contributed by atoms with Crippen molar-refractivity contribution in [3.05, 3.63) is 39.3 Å². The third-order valence-electron chi connectivity index (χ3n) is 3.91. The molecule has 0 radical (unpaired) electrons. The number of hydrogen-bond donors (Lipinski definition) is 2. The fourth-order valence-electron chi connectivity index (χ4n) is 2.82. The molecule has 2 amide bonds. The second kappa shape index (κ2) is 5.92. The van der Waals surface area contributed by atoms with Gasteiger partial charge in [-0.25, -0.2) is 0 Å². The maximum atomic E-state index is 12.7. The Morgan fingerprint density at radius 2 is 2.23 bits per heavy atom. The number of carbonyl (C=O) groups excluding carboxylic acids is 2. The average molecular weight is 318 g/mol. The molecule has 0 spiro atoms. The Balaban J connectivity index is 1.87. The van der Waals surface area contributed by atoms with Gasteiger partial charge in [0, 0.05) is 6.54 Å². The first-order chi connectivity index (χ1) is 10.6. The van der Waals surface area contributed by atoms with Crippen molar-refractivity contribution in [1.29, 1.82) is 0 Å².